The summed E-state index contributed by atoms with van der Waals surface area (Å²) < 4.78 is 4.73. The predicted molar refractivity (Wildman–Crippen MR) is 44.2 cm³/mol. The molecule has 0 aromatic heterocycles. The van der Waals surface area contributed by atoms with Crippen molar-refractivity contribution in [3.05, 3.63) is 0 Å². The Hall–Kier alpha value is -0.180. The quantitative estimate of drug-likeness (QED) is 0.454. The van der Waals surface area contributed by atoms with E-state index in [0.717, 1.165) is 11.5 Å². The number of esters is 1. The van der Waals surface area contributed by atoms with Crippen molar-refractivity contribution in [3.8, 4) is 0 Å². The Morgan fingerprint density at radius 2 is 2.20 bits per heavy atom. The highest BCUT2D eigenvalue weighted by Gasteiger charge is 1.91. The van der Waals surface area contributed by atoms with Crippen molar-refractivity contribution in [3.63, 3.8) is 0 Å². The molecule has 0 unspecified atom stereocenters. The third kappa shape index (κ3) is 7.82. The largest absolute Gasteiger partial charge is 0.465 e. The first-order valence-corrected chi connectivity index (χ1v) is 4.64. The van der Waals surface area contributed by atoms with Crippen molar-refractivity contribution in [2.24, 2.45) is 0 Å². The molecule has 0 aliphatic rings. The van der Waals surface area contributed by atoms with Crippen molar-refractivity contribution in [2.75, 3.05) is 18.1 Å². The van der Waals surface area contributed by atoms with Gasteiger partial charge in [-0.25, -0.2) is 0 Å². The number of thioether (sulfide) groups is 1. The van der Waals surface area contributed by atoms with Crippen molar-refractivity contribution in [1.29, 1.82) is 0 Å². The van der Waals surface area contributed by atoms with Gasteiger partial charge in [-0.1, -0.05) is 6.92 Å². The smallest absolute Gasteiger partial charge is 0.302 e. The minimum atomic E-state index is -0.183. The van der Waals surface area contributed by atoms with Crippen LogP contribution in [-0.4, -0.2) is 24.1 Å². The van der Waals surface area contributed by atoms with E-state index in [9.17, 15) is 4.79 Å². The molecule has 0 saturated heterocycles. The molecule has 0 aromatic rings. The standard InChI is InChI=1S/C7H14O2S/c1-3-5-10-6-4-9-7(2)8/h3-6H2,1-2H3. The van der Waals surface area contributed by atoms with Gasteiger partial charge < -0.3 is 4.74 Å². The van der Waals surface area contributed by atoms with Gasteiger partial charge in [0, 0.05) is 12.7 Å². The molecule has 0 atom stereocenters. The van der Waals surface area contributed by atoms with Crippen LogP contribution in [0.5, 0.6) is 0 Å². The Morgan fingerprint density at radius 3 is 2.70 bits per heavy atom. The van der Waals surface area contributed by atoms with E-state index in [1.807, 2.05) is 11.8 Å². The predicted octanol–water partition coefficient (Wildman–Crippen LogP) is 1.69. The first kappa shape index (κ1) is 9.82. The molecule has 0 N–H and O–H groups in total. The van der Waals surface area contributed by atoms with Crippen LogP contribution in [-0.2, 0) is 9.53 Å². The maximum absolute atomic E-state index is 10.2. The Balaban J connectivity index is 2.84. The molecular formula is C7H14O2S. The number of hydrogen-bond donors (Lipinski definition) is 0. The summed E-state index contributed by atoms with van der Waals surface area (Å²) in [5, 5.41) is 0. The zero-order chi connectivity index (χ0) is 7.82. The maximum Gasteiger partial charge on any atom is 0.302 e. The van der Waals surface area contributed by atoms with Gasteiger partial charge in [0.05, 0.1) is 0 Å². The van der Waals surface area contributed by atoms with E-state index in [4.69, 9.17) is 4.74 Å². The molecule has 0 heterocycles. The van der Waals surface area contributed by atoms with Gasteiger partial charge in [0.15, 0.2) is 0 Å². The fraction of sp³-hybridized carbons (Fsp3) is 0.857. The average Bonchev–Trinajstić information content (AvgIpc) is 1.87. The second-order valence-electron chi connectivity index (χ2n) is 1.95. The number of rotatable bonds is 5. The molecule has 0 aliphatic heterocycles. The summed E-state index contributed by atoms with van der Waals surface area (Å²) in [6.45, 7) is 4.13. The summed E-state index contributed by atoms with van der Waals surface area (Å²) >= 11 is 1.82. The summed E-state index contributed by atoms with van der Waals surface area (Å²) in [5.41, 5.74) is 0. The van der Waals surface area contributed by atoms with Crippen LogP contribution >= 0.6 is 11.8 Å². The summed E-state index contributed by atoms with van der Waals surface area (Å²) in [4.78, 5) is 10.2. The SMILES string of the molecule is CCCSCCOC(C)=O. The van der Waals surface area contributed by atoms with Crippen LogP contribution in [0.2, 0.25) is 0 Å². The van der Waals surface area contributed by atoms with E-state index in [1.165, 1.54) is 13.3 Å². The summed E-state index contributed by atoms with van der Waals surface area (Å²) in [6, 6.07) is 0. The Labute approximate surface area is 66.3 Å². The molecule has 0 aliphatic carbocycles. The van der Waals surface area contributed by atoms with E-state index >= 15 is 0 Å². The molecule has 0 radical (unpaired) electrons. The van der Waals surface area contributed by atoms with Crippen molar-refractivity contribution >= 4 is 17.7 Å². The molecule has 0 amide bonds. The van der Waals surface area contributed by atoms with Crippen LogP contribution in [0, 0.1) is 0 Å². The second-order valence-corrected chi connectivity index (χ2v) is 3.18. The fourth-order valence-corrected chi connectivity index (χ4v) is 1.18. The van der Waals surface area contributed by atoms with Gasteiger partial charge in [-0.05, 0) is 12.2 Å². The molecule has 2 nitrogen and oxygen atoms in total. The molecule has 0 saturated carbocycles. The lowest BCUT2D eigenvalue weighted by Crippen LogP contribution is -2.02. The minimum Gasteiger partial charge on any atom is -0.465 e. The summed E-state index contributed by atoms with van der Waals surface area (Å²) in [7, 11) is 0. The highest BCUT2D eigenvalue weighted by molar-refractivity contribution is 7.99. The van der Waals surface area contributed by atoms with Crippen LogP contribution in [0.25, 0.3) is 0 Å². The molecule has 3 heteroatoms. The molecular weight excluding hydrogens is 148 g/mol. The van der Waals surface area contributed by atoms with Crippen LogP contribution in [0.15, 0.2) is 0 Å². The number of ether oxygens (including phenoxy) is 1. The normalized spacial score (nSPS) is 9.40. The topological polar surface area (TPSA) is 26.3 Å². The molecule has 60 valence electrons. The Bertz CT molecular complexity index is 93.6. The summed E-state index contributed by atoms with van der Waals surface area (Å²) in [5.74, 6) is 1.89. The molecule has 0 spiro atoms. The number of hydrogen-bond acceptors (Lipinski definition) is 3. The highest BCUT2D eigenvalue weighted by Crippen LogP contribution is 2.00. The van der Waals surface area contributed by atoms with E-state index in [0.29, 0.717) is 6.61 Å². The first-order valence-electron chi connectivity index (χ1n) is 3.48. The van der Waals surface area contributed by atoms with Crippen LogP contribution < -0.4 is 0 Å². The van der Waals surface area contributed by atoms with Gasteiger partial charge in [-0.2, -0.15) is 11.8 Å². The Kier molecular flexibility index (Phi) is 6.81. The van der Waals surface area contributed by atoms with Gasteiger partial charge in [0.25, 0.3) is 0 Å². The van der Waals surface area contributed by atoms with Gasteiger partial charge in [0.2, 0.25) is 0 Å². The molecule has 0 rings (SSSR count). The zero-order valence-electron chi connectivity index (χ0n) is 6.55. The lowest BCUT2D eigenvalue weighted by molar-refractivity contribution is -0.140. The first-order chi connectivity index (χ1) is 4.77. The highest BCUT2D eigenvalue weighted by atomic mass is 32.2. The summed E-state index contributed by atoms with van der Waals surface area (Å²) in [6.07, 6.45) is 1.19. The maximum atomic E-state index is 10.2. The van der Waals surface area contributed by atoms with Crippen LogP contribution in [0.4, 0.5) is 0 Å². The van der Waals surface area contributed by atoms with E-state index in [-0.39, 0.29) is 5.97 Å². The van der Waals surface area contributed by atoms with Crippen molar-refractivity contribution < 1.29 is 9.53 Å². The minimum absolute atomic E-state index is 0.183. The van der Waals surface area contributed by atoms with Crippen molar-refractivity contribution in [1.82, 2.24) is 0 Å². The van der Waals surface area contributed by atoms with Gasteiger partial charge >= 0.3 is 5.97 Å². The van der Waals surface area contributed by atoms with Crippen LogP contribution in [0.1, 0.15) is 20.3 Å². The van der Waals surface area contributed by atoms with Crippen molar-refractivity contribution in [2.45, 2.75) is 20.3 Å². The third-order valence-electron chi connectivity index (χ3n) is 0.881. The zero-order valence-corrected chi connectivity index (χ0v) is 7.37. The fourth-order valence-electron chi connectivity index (χ4n) is 0.491. The van der Waals surface area contributed by atoms with E-state index < -0.39 is 0 Å². The van der Waals surface area contributed by atoms with E-state index in [2.05, 4.69) is 6.92 Å². The number of carbonyl (C=O) groups is 1. The van der Waals surface area contributed by atoms with Gasteiger partial charge in [-0.15, -0.1) is 0 Å². The third-order valence-corrected chi connectivity index (χ3v) is 2.03. The monoisotopic (exact) mass is 162 g/mol. The molecule has 0 fully saturated rings. The molecule has 10 heavy (non-hydrogen) atoms. The van der Waals surface area contributed by atoms with Gasteiger partial charge in [-0.3, -0.25) is 4.79 Å². The average molecular weight is 162 g/mol. The van der Waals surface area contributed by atoms with E-state index in [1.54, 1.807) is 0 Å². The lowest BCUT2D eigenvalue weighted by atomic mass is 10.6. The number of carbonyl (C=O) groups excluding carboxylic acids is 1. The lowest BCUT2D eigenvalue weighted by Gasteiger charge is -1.99. The van der Waals surface area contributed by atoms with Gasteiger partial charge in [0.1, 0.15) is 6.61 Å². The molecule has 0 aromatic carbocycles. The second kappa shape index (κ2) is 6.93. The van der Waals surface area contributed by atoms with Crippen LogP contribution in [0.3, 0.4) is 0 Å². The molecule has 0 bridgehead atoms. The Morgan fingerprint density at radius 1 is 1.50 bits per heavy atom.